The number of rotatable bonds is 6. The number of alkyl halides is 2. The molecule has 9 heteroatoms. The maximum atomic E-state index is 15.1. The van der Waals surface area contributed by atoms with Gasteiger partial charge in [0.15, 0.2) is 23.7 Å². The van der Waals surface area contributed by atoms with E-state index in [0.29, 0.717) is 76.1 Å². The SMILES string of the molecule is CC1COC(C2CCC(C(F)(F)OC3CCC(c4ccc(-c5cc(F)c(F)c(F)c5)c(F)c4)CC3)CC2)OC1. The molecule has 0 bridgehead atoms. The van der Waals surface area contributed by atoms with Gasteiger partial charge in [0.05, 0.1) is 25.2 Å². The van der Waals surface area contributed by atoms with Gasteiger partial charge >= 0.3 is 6.11 Å². The van der Waals surface area contributed by atoms with E-state index in [-0.39, 0.29) is 29.3 Å². The first-order valence-corrected chi connectivity index (χ1v) is 13.8. The third kappa shape index (κ3) is 6.46. The van der Waals surface area contributed by atoms with Gasteiger partial charge in [-0.15, -0.1) is 0 Å². The predicted molar refractivity (Wildman–Crippen MR) is 133 cm³/mol. The van der Waals surface area contributed by atoms with Gasteiger partial charge in [0.25, 0.3) is 0 Å². The largest absolute Gasteiger partial charge is 0.358 e. The van der Waals surface area contributed by atoms with Crippen molar-refractivity contribution in [3.63, 3.8) is 0 Å². The van der Waals surface area contributed by atoms with Crippen LogP contribution in [0, 0.1) is 41.0 Å². The van der Waals surface area contributed by atoms with Crippen LogP contribution in [0.25, 0.3) is 11.1 Å². The van der Waals surface area contributed by atoms with E-state index in [4.69, 9.17) is 14.2 Å². The Hall–Kier alpha value is -2.10. The number of halogens is 6. The standard InChI is InChI=1S/C30H34F6O3/c1-17-15-37-29(38-16-17)19-2-7-22(8-3-19)30(35,36)39-23-9-4-18(5-10-23)20-6-11-24(25(31)12-20)21-13-26(32)28(34)27(33)14-21/h6,11-14,17-19,22-23,29H,2-5,7-10,15-16H2,1H3. The van der Waals surface area contributed by atoms with Gasteiger partial charge in [-0.2, -0.15) is 8.78 Å². The number of hydrogen-bond acceptors (Lipinski definition) is 3. The van der Waals surface area contributed by atoms with Crippen LogP contribution in [0.5, 0.6) is 0 Å². The molecule has 0 amide bonds. The molecule has 2 aromatic carbocycles. The summed E-state index contributed by atoms with van der Waals surface area (Å²) in [4.78, 5) is 0. The zero-order valence-electron chi connectivity index (χ0n) is 21.9. The van der Waals surface area contributed by atoms with Gasteiger partial charge in [-0.25, -0.2) is 17.6 Å². The highest BCUT2D eigenvalue weighted by Crippen LogP contribution is 2.44. The second-order valence-electron chi connectivity index (χ2n) is 11.4. The molecule has 1 aliphatic heterocycles. The summed E-state index contributed by atoms with van der Waals surface area (Å²) >= 11 is 0. The average molecular weight is 557 g/mol. The van der Waals surface area contributed by atoms with Crippen molar-refractivity contribution in [1.29, 1.82) is 0 Å². The lowest BCUT2D eigenvalue weighted by Crippen LogP contribution is -2.42. The normalized spacial score (nSPS) is 30.3. The molecule has 0 N–H and O–H groups in total. The van der Waals surface area contributed by atoms with Crippen molar-refractivity contribution in [2.24, 2.45) is 17.8 Å². The van der Waals surface area contributed by atoms with Crippen LogP contribution in [0.15, 0.2) is 30.3 Å². The summed E-state index contributed by atoms with van der Waals surface area (Å²) in [7, 11) is 0. The molecule has 3 aliphatic rings. The molecule has 2 aliphatic carbocycles. The third-order valence-electron chi connectivity index (χ3n) is 8.48. The summed E-state index contributed by atoms with van der Waals surface area (Å²) in [5, 5.41) is 0. The minimum Gasteiger partial charge on any atom is -0.352 e. The molecule has 0 spiro atoms. The molecular weight excluding hydrogens is 522 g/mol. The van der Waals surface area contributed by atoms with Gasteiger partial charge in [-0.3, -0.25) is 0 Å². The van der Waals surface area contributed by atoms with Crippen LogP contribution < -0.4 is 0 Å². The summed E-state index contributed by atoms with van der Waals surface area (Å²) in [5.74, 6) is -5.47. The minimum atomic E-state index is -3.21. The van der Waals surface area contributed by atoms with Crippen molar-refractivity contribution in [2.75, 3.05) is 13.2 Å². The van der Waals surface area contributed by atoms with E-state index < -0.39 is 41.4 Å². The molecule has 0 unspecified atom stereocenters. The molecule has 0 atom stereocenters. The highest BCUT2D eigenvalue weighted by atomic mass is 19.3. The number of ether oxygens (including phenoxy) is 3. The van der Waals surface area contributed by atoms with E-state index in [1.54, 1.807) is 6.07 Å². The fourth-order valence-electron chi connectivity index (χ4n) is 6.18. The Balaban J connectivity index is 1.12. The molecule has 2 aromatic rings. The van der Waals surface area contributed by atoms with Crippen molar-refractivity contribution in [3.05, 3.63) is 59.2 Å². The van der Waals surface area contributed by atoms with Crippen molar-refractivity contribution < 1.29 is 40.6 Å². The highest BCUT2D eigenvalue weighted by molar-refractivity contribution is 5.65. The highest BCUT2D eigenvalue weighted by Gasteiger charge is 2.46. The zero-order valence-corrected chi connectivity index (χ0v) is 21.9. The fourth-order valence-corrected chi connectivity index (χ4v) is 6.18. The van der Waals surface area contributed by atoms with Crippen LogP contribution in [-0.2, 0) is 14.2 Å². The molecule has 39 heavy (non-hydrogen) atoms. The summed E-state index contributed by atoms with van der Waals surface area (Å²) < 4.78 is 102. The van der Waals surface area contributed by atoms with Crippen LogP contribution in [0.2, 0.25) is 0 Å². The van der Waals surface area contributed by atoms with Gasteiger partial charge in [-0.05, 0) is 86.6 Å². The van der Waals surface area contributed by atoms with Crippen LogP contribution >= 0.6 is 0 Å². The third-order valence-corrected chi connectivity index (χ3v) is 8.48. The monoisotopic (exact) mass is 556 g/mol. The van der Waals surface area contributed by atoms with E-state index >= 15 is 8.78 Å². The Morgan fingerprint density at radius 3 is 1.97 bits per heavy atom. The Morgan fingerprint density at radius 2 is 1.38 bits per heavy atom. The number of benzene rings is 2. The van der Waals surface area contributed by atoms with Crippen molar-refractivity contribution in [1.82, 2.24) is 0 Å². The van der Waals surface area contributed by atoms with Gasteiger partial charge in [-0.1, -0.05) is 19.1 Å². The molecule has 3 fully saturated rings. The molecule has 0 radical (unpaired) electrons. The van der Waals surface area contributed by atoms with Crippen molar-refractivity contribution in [2.45, 2.75) is 82.7 Å². The molecule has 1 heterocycles. The molecule has 1 saturated heterocycles. The molecule has 0 aromatic heterocycles. The first kappa shape index (κ1) is 28.4. The Labute approximate surface area is 224 Å². The van der Waals surface area contributed by atoms with Gasteiger partial charge in [0.1, 0.15) is 5.82 Å². The van der Waals surface area contributed by atoms with E-state index in [2.05, 4.69) is 6.92 Å². The van der Waals surface area contributed by atoms with E-state index in [9.17, 15) is 17.6 Å². The second kappa shape index (κ2) is 11.8. The first-order valence-electron chi connectivity index (χ1n) is 13.8. The minimum absolute atomic E-state index is 0.0425. The number of hydrogen-bond donors (Lipinski definition) is 0. The summed E-state index contributed by atoms with van der Waals surface area (Å²) in [6.45, 7) is 3.32. The predicted octanol–water partition coefficient (Wildman–Crippen LogP) is 8.36. The molecular formula is C30H34F6O3. The summed E-state index contributed by atoms with van der Waals surface area (Å²) in [6, 6.07) is 5.88. The van der Waals surface area contributed by atoms with Crippen molar-refractivity contribution in [3.8, 4) is 11.1 Å². The molecule has 214 valence electrons. The lowest BCUT2D eigenvalue weighted by Gasteiger charge is -2.39. The fraction of sp³-hybridized carbons (Fsp3) is 0.600. The summed E-state index contributed by atoms with van der Waals surface area (Å²) in [5.41, 5.74) is 0.542. The van der Waals surface area contributed by atoms with Crippen LogP contribution in [-0.4, -0.2) is 31.7 Å². The van der Waals surface area contributed by atoms with Crippen LogP contribution in [0.4, 0.5) is 26.3 Å². The van der Waals surface area contributed by atoms with Crippen LogP contribution in [0.1, 0.15) is 69.8 Å². The maximum Gasteiger partial charge on any atom is 0.358 e. The first-order chi connectivity index (χ1) is 18.6. The Kier molecular flexibility index (Phi) is 8.59. The van der Waals surface area contributed by atoms with Crippen LogP contribution in [0.3, 0.4) is 0 Å². The molecule has 5 rings (SSSR count). The maximum absolute atomic E-state index is 15.1. The second-order valence-corrected chi connectivity index (χ2v) is 11.4. The topological polar surface area (TPSA) is 27.7 Å². The lowest BCUT2D eigenvalue weighted by atomic mass is 9.80. The van der Waals surface area contributed by atoms with E-state index in [0.717, 1.165) is 12.1 Å². The molecule has 2 saturated carbocycles. The van der Waals surface area contributed by atoms with E-state index in [1.807, 2.05) is 0 Å². The van der Waals surface area contributed by atoms with E-state index in [1.165, 1.54) is 12.1 Å². The lowest BCUT2D eigenvalue weighted by molar-refractivity contribution is -0.305. The zero-order chi connectivity index (χ0) is 27.7. The summed E-state index contributed by atoms with van der Waals surface area (Å²) in [6.07, 6.45) is -0.162. The van der Waals surface area contributed by atoms with Gasteiger partial charge in [0, 0.05) is 17.4 Å². The van der Waals surface area contributed by atoms with Gasteiger partial charge < -0.3 is 14.2 Å². The molecule has 3 nitrogen and oxygen atoms in total. The van der Waals surface area contributed by atoms with Gasteiger partial charge in [0.2, 0.25) is 0 Å². The smallest absolute Gasteiger partial charge is 0.352 e. The van der Waals surface area contributed by atoms with Crippen molar-refractivity contribution >= 4 is 0 Å². The quantitative estimate of drug-likeness (QED) is 0.264. The Morgan fingerprint density at radius 1 is 0.769 bits per heavy atom. The average Bonchev–Trinajstić information content (AvgIpc) is 2.92. The Bertz CT molecular complexity index is 1110.